The maximum atomic E-state index is 7.00. The Bertz CT molecular complexity index is 4660. The molecule has 0 aliphatic heterocycles. The number of furan rings is 3. The molecule has 0 saturated heterocycles. The molecule has 4 nitrogen and oxygen atoms in total. The van der Waals surface area contributed by atoms with Crippen LogP contribution in [0.15, 0.2) is 195 Å². The predicted molar refractivity (Wildman–Crippen MR) is 306 cm³/mol. The normalized spacial score (nSPS) is 15.3. The second-order valence-electron chi connectivity index (χ2n) is 22.8. The first kappa shape index (κ1) is 42.0. The Kier molecular flexibility index (Phi) is 8.01. The maximum absolute atomic E-state index is 7.00. The van der Waals surface area contributed by atoms with E-state index in [1.807, 2.05) is 12.1 Å². The molecular weight excluding hydrogens is 903 g/mol. The summed E-state index contributed by atoms with van der Waals surface area (Å²) in [6.45, 7) is 16.8. The second kappa shape index (κ2) is 14.1. The van der Waals surface area contributed by atoms with E-state index in [9.17, 15) is 0 Å². The highest BCUT2D eigenvalue weighted by atomic mass is 16.3. The smallest absolute Gasteiger partial charge is 0.144 e. The zero-order chi connectivity index (χ0) is 49.7. The number of nitrogens with zero attached hydrogens (tertiary/aromatic N) is 1. The highest BCUT2D eigenvalue weighted by Gasteiger charge is 2.49. The topological polar surface area (TPSA) is 42.7 Å². The molecule has 0 N–H and O–H groups in total. The van der Waals surface area contributed by atoms with Crippen molar-refractivity contribution < 1.29 is 13.3 Å². The molecule has 3 heterocycles. The van der Waals surface area contributed by atoms with Gasteiger partial charge in [0.2, 0.25) is 0 Å². The lowest BCUT2D eigenvalue weighted by molar-refractivity contribution is 0.600. The van der Waals surface area contributed by atoms with Gasteiger partial charge in [0, 0.05) is 76.8 Å². The molecular formula is C70H51NO3. The Labute approximate surface area is 429 Å². The van der Waals surface area contributed by atoms with Crippen LogP contribution >= 0.6 is 0 Å². The minimum atomic E-state index is -0.350. The molecule has 0 radical (unpaired) electrons. The average Bonchev–Trinajstić information content (AvgIpc) is 4.26. The van der Waals surface area contributed by atoms with E-state index in [2.05, 4.69) is 223 Å². The van der Waals surface area contributed by atoms with Gasteiger partial charge in [0.15, 0.2) is 0 Å². The third kappa shape index (κ3) is 5.22. The average molecular weight is 954 g/mol. The van der Waals surface area contributed by atoms with E-state index in [1.54, 1.807) is 0 Å². The SMILES string of the molecule is Cc1ccccc1N(c1ccc2c(c1)C(C)(C)c1cc(-c3ccc4oc5ccccc5c4c3)c3oc4ccccc4c3c1-2)c1ccc2c(c1)C(C)(C)c1c3c(c4oc5ccccc5c4c1-2)-c1ccccc1C3(C)C. The van der Waals surface area contributed by atoms with E-state index in [0.717, 1.165) is 77.8 Å². The molecule has 354 valence electrons. The van der Waals surface area contributed by atoms with Crippen LogP contribution in [0.4, 0.5) is 17.1 Å². The number of benzene rings is 10. The molecule has 13 aromatic rings. The van der Waals surface area contributed by atoms with Crippen LogP contribution in [0.25, 0.3) is 110 Å². The van der Waals surface area contributed by atoms with Gasteiger partial charge in [-0.15, -0.1) is 0 Å². The van der Waals surface area contributed by atoms with Gasteiger partial charge in [-0.3, -0.25) is 0 Å². The number of aryl methyl sites for hydroxylation is 1. The number of hydrogen-bond acceptors (Lipinski definition) is 4. The lowest BCUT2D eigenvalue weighted by atomic mass is 9.72. The molecule has 0 atom stereocenters. The Morgan fingerprint density at radius 1 is 0.351 bits per heavy atom. The van der Waals surface area contributed by atoms with E-state index in [1.165, 1.54) is 88.5 Å². The van der Waals surface area contributed by atoms with Crippen molar-refractivity contribution in [2.24, 2.45) is 0 Å². The van der Waals surface area contributed by atoms with E-state index >= 15 is 0 Å². The first-order valence-corrected chi connectivity index (χ1v) is 26.1. The largest absolute Gasteiger partial charge is 0.456 e. The van der Waals surface area contributed by atoms with Gasteiger partial charge in [-0.05, 0) is 146 Å². The molecule has 74 heavy (non-hydrogen) atoms. The molecule has 4 heteroatoms. The minimum absolute atomic E-state index is 0.231. The van der Waals surface area contributed by atoms with Crippen molar-refractivity contribution in [3.8, 4) is 44.5 Å². The summed E-state index contributed by atoms with van der Waals surface area (Å²) in [6, 6.07) is 66.7. The van der Waals surface area contributed by atoms with E-state index in [-0.39, 0.29) is 16.2 Å². The molecule has 0 bridgehead atoms. The van der Waals surface area contributed by atoms with Gasteiger partial charge in [0.05, 0.1) is 0 Å². The monoisotopic (exact) mass is 953 g/mol. The third-order valence-electron chi connectivity index (χ3n) is 17.7. The number of para-hydroxylation sites is 4. The van der Waals surface area contributed by atoms with Crippen molar-refractivity contribution in [3.63, 3.8) is 0 Å². The molecule has 0 spiro atoms. The molecule has 0 amide bonds. The summed E-state index contributed by atoms with van der Waals surface area (Å²) >= 11 is 0. The Morgan fingerprint density at radius 3 is 1.59 bits per heavy atom. The lowest BCUT2D eigenvalue weighted by Gasteiger charge is -2.32. The molecule has 3 aliphatic carbocycles. The van der Waals surface area contributed by atoms with Gasteiger partial charge < -0.3 is 18.2 Å². The molecule has 0 unspecified atom stereocenters. The van der Waals surface area contributed by atoms with Crippen LogP contribution < -0.4 is 4.90 Å². The van der Waals surface area contributed by atoms with E-state index in [0.29, 0.717) is 0 Å². The van der Waals surface area contributed by atoms with Crippen molar-refractivity contribution >= 4 is 82.9 Å². The third-order valence-corrected chi connectivity index (χ3v) is 17.7. The van der Waals surface area contributed by atoms with Crippen LogP contribution in [-0.2, 0) is 16.2 Å². The fourth-order valence-electron chi connectivity index (χ4n) is 14.2. The summed E-state index contributed by atoms with van der Waals surface area (Å²) in [4.78, 5) is 2.50. The van der Waals surface area contributed by atoms with Crippen LogP contribution in [0.2, 0.25) is 0 Å². The van der Waals surface area contributed by atoms with Crippen LogP contribution in [0.1, 0.15) is 80.5 Å². The van der Waals surface area contributed by atoms with Gasteiger partial charge in [-0.25, -0.2) is 0 Å². The number of anilines is 3. The fraction of sp³-hybridized carbons (Fsp3) is 0.143. The minimum Gasteiger partial charge on any atom is -0.456 e. The fourth-order valence-corrected chi connectivity index (χ4v) is 14.2. The van der Waals surface area contributed by atoms with Gasteiger partial charge in [0.25, 0.3) is 0 Å². The van der Waals surface area contributed by atoms with Gasteiger partial charge in [-0.1, -0.05) is 157 Å². The molecule has 16 rings (SSSR count). The quantitative estimate of drug-likeness (QED) is 0.176. The Morgan fingerprint density at radius 2 is 0.878 bits per heavy atom. The summed E-state index contributed by atoms with van der Waals surface area (Å²) in [5.41, 5.74) is 27.1. The molecule has 3 aromatic heterocycles. The number of hydrogen-bond donors (Lipinski definition) is 0. The molecule has 0 saturated carbocycles. The highest BCUT2D eigenvalue weighted by molar-refractivity contribution is 6.22. The van der Waals surface area contributed by atoms with Crippen LogP contribution in [0.5, 0.6) is 0 Å². The van der Waals surface area contributed by atoms with Crippen molar-refractivity contribution in [1.82, 2.24) is 0 Å². The highest BCUT2D eigenvalue weighted by Crippen LogP contribution is 2.64. The summed E-state index contributed by atoms with van der Waals surface area (Å²) < 4.78 is 20.3. The van der Waals surface area contributed by atoms with E-state index < -0.39 is 0 Å². The van der Waals surface area contributed by atoms with E-state index in [4.69, 9.17) is 13.3 Å². The number of rotatable bonds is 4. The Balaban J connectivity index is 0.899. The maximum Gasteiger partial charge on any atom is 0.144 e. The molecule has 0 fully saturated rings. The van der Waals surface area contributed by atoms with Crippen molar-refractivity contribution in [2.75, 3.05) is 4.90 Å². The van der Waals surface area contributed by atoms with Crippen molar-refractivity contribution in [3.05, 3.63) is 221 Å². The van der Waals surface area contributed by atoms with Crippen molar-refractivity contribution in [2.45, 2.75) is 64.7 Å². The summed E-state index contributed by atoms with van der Waals surface area (Å²) in [6.07, 6.45) is 0. The predicted octanol–water partition coefficient (Wildman–Crippen LogP) is 19.7. The van der Waals surface area contributed by atoms with Gasteiger partial charge in [0.1, 0.15) is 33.5 Å². The summed E-state index contributed by atoms with van der Waals surface area (Å²) in [5.74, 6) is 0. The van der Waals surface area contributed by atoms with Crippen LogP contribution in [0.3, 0.4) is 0 Å². The molecule has 3 aliphatic rings. The number of fused-ring (bicyclic) bond motifs is 22. The zero-order valence-electron chi connectivity index (χ0n) is 42.5. The zero-order valence-corrected chi connectivity index (χ0v) is 42.5. The first-order chi connectivity index (χ1) is 35.9. The van der Waals surface area contributed by atoms with Gasteiger partial charge >= 0.3 is 0 Å². The molecule has 10 aromatic carbocycles. The Hall–Kier alpha value is -8.60. The summed E-state index contributed by atoms with van der Waals surface area (Å²) in [7, 11) is 0. The first-order valence-electron chi connectivity index (χ1n) is 26.1. The van der Waals surface area contributed by atoms with Crippen molar-refractivity contribution in [1.29, 1.82) is 0 Å². The standard InChI is InChI=1S/C70H51NO3/c1-38-18-8-14-24-54(38)71(41-30-32-45-52(36-41)70(6,7)64-60(45)62-47-22-12-17-27-57(47)74-67(62)63-43-20-9-13-23-50(43)69(4,5)65(63)64)40-29-31-44-51(35-40)68(2,3)53-37-48(66-61(59(44)53)46-21-11-16-26-56(46)73-66)39-28-33-58-49(34-39)42-19-10-15-25-55(42)72-58/h8-37H,1-7H3. The van der Waals surface area contributed by atoms with Crippen LogP contribution in [-0.4, -0.2) is 0 Å². The summed E-state index contributed by atoms with van der Waals surface area (Å²) in [5, 5.41) is 6.90. The lowest BCUT2D eigenvalue weighted by Crippen LogP contribution is -2.24. The second-order valence-corrected chi connectivity index (χ2v) is 22.8. The van der Waals surface area contributed by atoms with Crippen LogP contribution in [0, 0.1) is 6.92 Å². The van der Waals surface area contributed by atoms with Gasteiger partial charge in [-0.2, -0.15) is 0 Å².